The van der Waals surface area contributed by atoms with Gasteiger partial charge in [-0.3, -0.25) is 14.4 Å². The van der Waals surface area contributed by atoms with E-state index in [1.807, 2.05) is 0 Å². The van der Waals surface area contributed by atoms with Crippen LogP contribution >= 0.6 is 0 Å². The van der Waals surface area contributed by atoms with Crippen LogP contribution in [0, 0.1) is 5.92 Å². The minimum Gasteiger partial charge on any atom is -0.481 e. The Morgan fingerprint density at radius 3 is 2.18 bits per heavy atom. The molecule has 0 aliphatic rings. The van der Waals surface area contributed by atoms with Gasteiger partial charge in [-0.15, -0.1) is 5.59 Å². The average molecular weight is 164 g/mol. The SMILES string of the molecule is NNOCC(C(=O)O)C(=O)O. The summed E-state index contributed by atoms with van der Waals surface area (Å²) < 4.78 is 0. The number of aliphatic carboxylic acids is 2. The Hall–Kier alpha value is -1.18. The Bertz CT molecular complexity index is 145. The van der Waals surface area contributed by atoms with Gasteiger partial charge in [0.15, 0.2) is 5.92 Å². The Labute approximate surface area is 61.7 Å². The topological polar surface area (TPSA) is 122 Å². The fraction of sp³-hybridized carbons (Fsp3) is 0.500. The number of carbonyl (C=O) groups is 2. The molecular formula is C4H8N2O5. The molecule has 11 heavy (non-hydrogen) atoms. The van der Waals surface area contributed by atoms with Crippen LogP contribution in [0.1, 0.15) is 0 Å². The van der Waals surface area contributed by atoms with Crippen molar-refractivity contribution in [2.75, 3.05) is 6.61 Å². The summed E-state index contributed by atoms with van der Waals surface area (Å²) in [5.74, 6) is 0.0973. The zero-order valence-corrected chi connectivity index (χ0v) is 5.48. The predicted molar refractivity (Wildman–Crippen MR) is 32.0 cm³/mol. The van der Waals surface area contributed by atoms with E-state index >= 15 is 0 Å². The van der Waals surface area contributed by atoms with E-state index in [4.69, 9.17) is 10.2 Å². The summed E-state index contributed by atoms with van der Waals surface area (Å²) in [6.07, 6.45) is 0. The Balaban J connectivity index is 3.90. The van der Waals surface area contributed by atoms with Crippen LogP contribution in [-0.2, 0) is 14.4 Å². The Morgan fingerprint density at radius 1 is 1.45 bits per heavy atom. The van der Waals surface area contributed by atoms with Crippen LogP contribution in [0.15, 0.2) is 0 Å². The first-order valence-electron chi connectivity index (χ1n) is 2.62. The van der Waals surface area contributed by atoms with Crippen LogP contribution in [0.3, 0.4) is 0 Å². The number of rotatable bonds is 5. The van der Waals surface area contributed by atoms with Crippen molar-refractivity contribution in [1.82, 2.24) is 5.59 Å². The largest absolute Gasteiger partial charge is 0.481 e. The van der Waals surface area contributed by atoms with Crippen molar-refractivity contribution in [2.45, 2.75) is 0 Å². The highest BCUT2D eigenvalue weighted by Crippen LogP contribution is 1.96. The maximum Gasteiger partial charge on any atom is 0.320 e. The number of hydrogen-bond donors (Lipinski definition) is 4. The molecular weight excluding hydrogens is 156 g/mol. The molecule has 0 aromatic rings. The van der Waals surface area contributed by atoms with E-state index in [1.54, 1.807) is 5.59 Å². The highest BCUT2D eigenvalue weighted by molar-refractivity contribution is 5.92. The standard InChI is InChI=1S/C4H8N2O5/c5-6-11-1-2(3(7)8)4(9)10/h2,6H,1,5H2,(H,7,8)(H,9,10). The van der Waals surface area contributed by atoms with Gasteiger partial charge in [-0.05, 0) is 0 Å². The van der Waals surface area contributed by atoms with E-state index < -0.39 is 24.5 Å². The smallest absolute Gasteiger partial charge is 0.320 e. The number of nitrogens with two attached hydrogens (primary N) is 1. The van der Waals surface area contributed by atoms with Gasteiger partial charge in [0.05, 0.1) is 6.61 Å². The minimum atomic E-state index is -1.59. The molecule has 0 rings (SSSR count). The molecule has 0 fully saturated rings. The second kappa shape index (κ2) is 4.61. The maximum atomic E-state index is 10.1. The monoisotopic (exact) mass is 164 g/mol. The van der Waals surface area contributed by atoms with Crippen molar-refractivity contribution >= 4 is 11.9 Å². The van der Waals surface area contributed by atoms with Gasteiger partial charge in [0.2, 0.25) is 0 Å². The highest BCUT2D eigenvalue weighted by Gasteiger charge is 2.25. The van der Waals surface area contributed by atoms with Crippen LogP contribution in [-0.4, -0.2) is 28.8 Å². The summed E-state index contributed by atoms with van der Waals surface area (Å²) in [5.41, 5.74) is 1.68. The number of hydrogen-bond acceptors (Lipinski definition) is 5. The van der Waals surface area contributed by atoms with Crippen molar-refractivity contribution in [3.8, 4) is 0 Å². The lowest BCUT2D eigenvalue weighted by atomic mass is 10.2. The van der Waals surface area contributed by atoms with Gasteiger partial charge in [-0.2, -0.15) is 0 Å². The molecule has 0 atom stereocenters. The van der Waals surface area contributed by atoms with Gasteiger partial charge in [0.25, 0.3) is 0 Å². The third kappa shape index (κ3) is 3.50. The third-order valence-corrected chi connectivity index (χ3v) is 0.930. The van der Waals surface area contributed by atoms with Crippen LogP contribution < -0.4 is 11.4 Å². The molecule has 0 saturated heterocycles. The number of carboxylic acids is 2. The first kappa shape index (κ1) is 9.82. The zero-order chi connectivity index (χ0) is 8.85. The molecule has 0 saturated carbocycles. The van der Waals surface area contributed by atoms with Crippen molar-refractivity contribution < 1.29 is 24.6 Å². The lowest BCUT2D eigenvalue weighted by Crippen LogP contribution is -2.33. The maximum absolute atomic E-state index is 10.1. The molecule has 0 spiro atoms. The average Bonchev–Trinajstić information content (AvgIpc) is 1.87. The summed E-state index contributed by atoms with van der Waals surface area (Å²) in [6, 6.07) is 0. The molecule has 5 N–H and O–H groups in total. The molecule has 7 heteroatoms. The predicted octanol–water partition coefficient (Wildman–Crippen LogP) is -1.83. The van der Waals surface area contributed by atoms with E-state index in [-0.39, 0.29) is 0 Å². The second-order valence-corrected chi connectivity index (χ2v) is 1.66. The van der Waals surface area contributed by atoms with E-state index in [0.717, 1.165) is 0 Å². The van der Waals surface area contributed by atoms with E-state index in [1.165, 1.54) is 0 Å². The molecule has 0 aromatic heterocycles. The summed E-state index contributed by atoms with van der Waals surface area (Å²) in [4.78, 5) is 24.4. The third-order valence-electron chi connectivity index (χ3n) is 0.930. The van der Waals surface area contributed by atoms with Gasteiger partial charge < -0.3 is 10.2 Å². The first-order valence-corrected chi connectivity index (χ1v) is 2.62. The summed E-state index contributed by atoms with van der Waals surface area (Å²) in [6.45, 7) is -0.513. The lowest BCUT2D eigenvalue weighted by Gasteiger charge is -2.05. The van der Waals surface area contributed by atoms with Gasteiger partial charge in [0, 0.05) is 0 Å². The molecule has 0 aliphatic heterocycles. The Morgan fingerprint density at radius 2 is 1.91 bits per heavy atom. The van der Waals surface area contributed by atoms with Crippen molar-refractivity contribution in [3.63, 3.8) is 0 Å². The van der Waals surface area contributed by atoms with Gasteiger partial charge in [-0.1, -0.05) is 0 Å². The Kier molecular flexibility index (Phi) is 4.11. The van der Waals surface area contributed by atoms with Gasteiger partial charge >= 0.3 is 11.9 Å². The molecule has 64 valence electrons. The number of carboxylic acid groups (broad SMARTS) is 2. The highest BCUT2D eigenvalue weighted by atomic mass is 16.7. The molecule has 0 aliphatic carbocycles. The normalized spacial score (nSPS) is 10.0. The molecule has 0 amide bonds. The van der Waals surface area contributed by atoms with Crippen molar-refractivity contribution in [3.05, 3.63) is 0 Å². The molecule has 0 heterocycles. The second-order valence-electron chi connectivity index (χ2n) is 1.66. The summed E-state index contributed by atoms with van der Waals surface area (Å²) in [7, 11) is 0. The van der Waals surface area contributed by atoms with E-state index in [0.29, 0.717) is 0 Å². The van der Waals surface area contributed by atoms with Crippen LogP contribution in [0.25, 0.3) is 0 Å². The molecule has 0 aromatic carbocycles. The van der Waals surface area contributed by atoms with Crippen LogP contribution in [0.4, 0.5) is 0 Å². The molecule has 0 unspecified atom stereocenters. The quantitative estimate of drug-likeness (QED) is 0.214. The summed E-state index contributed by atoms with van der Waals surface area (Å²) >= 11 is 0. The van der Waals surface area contributed by atoms with Crippen molar-refractivity contribution in [1.29, 1.82) is 0 Å². The van der Waals surface area contributed by atoms with Gasteiger partial charge in [0.1, 0.15) is 0 Å². The van der Waals surface area contributed by atoms with E-state index in [2.05, 4.69) is 10.7 Å². The van der Waals surface area contributed by atoms with Crippen LogP contribution in [0.5, 0.6) is 0 Å². The fourth-order valence-corrected chi connectivity index (χ4v) is 0.380. The van der Waals surface area contributed by atoms with Crippen molar-refractivity contribution in [2.24, 2.45) is 11.8 Å². The van der Waals surface area contributed by atoms with Gasteiger partial charge in [-0.25, -0.2) is 5.84 Å². The van der Waals surface area contributed by atoms with E-state index in [9.17, 15) is 9.59 Å². The summed E-state index contributed by atoms with van der Waals surface area (Å²) in [5, 5.41) is 16.5. The number of hydrazine groups is 1. The van der Waals surface area contributed by atoms with Crippen LogP contribution in [0.2, 0.25) is 0 Å². The number of nitrogens with one attached hydrogen (secondary N) is 1. The fourth-order valence-electron chi connectivity index (χ4n) is 0.380. The lowest BCUT2D eigenvalue weighted by molar-refractivity contribution is -0.158. The first-order chi connectivity index (χ1) is 5.09. The minimum absolute atomic E-state index is 0.513. The molecule has 7 nitrogen and oxygen atoms in total. The zero-order valence-electron chi connectivity index (χ0n) is 5.48. The molecule has 0 bridgehead atoms. The molecule has 0 radical (unpaired) electrons.